The fraction of sp³-hybridized carbons (Fsp3) is 0.375. The lowest BCUT2D eigenvalue weighted by molar-refractivity contribution is -0.141. The molecule has 1 atom stereocenters. The summed E-state index contributed by atoms with van der Waals surface area (Å²) >= 11 is 12.6. The zero-order chi connectivity index (χ0) is 30.3. The Bertz CT molecular complexity index is 1480. The van der Waals surface area contributed by atoms with Crippen molar-refractivity contribution < 1.29 is 18.0 Å². The van der Waals surface area contributed by atoms with Crippen LogP contribution < -0.4 is 5.32 Å². The molecule has 224 valence electrons. The third kappa shape index (κ3) is 8.34. The first kappa shape index (κ1) is 32.0. The minimum atomic E-state index is -3.96. The van der Waals surface area contributed by atoms with Crippen molar-refractivity contribution in [2.75, 3.05) is 13.6 Å². The van der Waals surface area contributed by atoms with Gasteiger partial charge in [0.15, 0.2) is 0 Å². The summed E-state index contributed by atoms with van der Waals surface area (Å²) in [5.74, 6) is -0.785. The molecule has 4 rings (SSSR count). The van der Waals surface area contributed by atoms with Crippen LogP contribution in [-0.2, 0) is 32.6 Å². The highest BCUT2D eigenvalue weighted by Gasteiger charge is 2.34. The van der Waals surface area contributed by atoms with Crippen LogP contribution in [0.3, 0.4) is 0 Å². The molecule has 3 aromatic carbocycles. The highest BCUT2D eigenvalue weighted by atomic mass is 35.5. The first-order valence-electron chi connectivity index (χ1n) is 14.2. The third-order valence-corrected chi connectivity index (χ3v) is 10.1. The number of amides is 2. The maximum atomic E-state index is 14.1. The molecule has 0 unspecified atom stereocenters. The fourth-order valence-electron chi connectivity index (χ4n) is 5.19. The summed E-state index contributed by atoms with van der Waals surface area (Å²) in [5, 5.41) is 3.98. The van der Waals surface area contributed by atoms with E-state index in [1.165, 1.54) is 24.1 Å². The van der Waals surface area contributed by atoms with Crippen LogP contribution in [0.1, 0.15) is 48.8 Å². The van der Waals surface area contributed by atoms with E-state index in [1.807, 2.05) is 37.3 Å². The summed E-state index contributed by atoms with van der Waals surface area (Å²) in [6.07, 6.45) is 5.25. The van der Waals surface area contributed by atoms with Crippen LogP contribution in [0, 0.1) is 6.92 Å². The first-order chi connectivity index (χ1) is 20.0. The molecule has 1 aliphatic rings. The molecule has 0 radical (unpaired) electrons. The van der Waals surface area contributed by atoms with Crippen LogP contribution in [0.2, 0.25) is 10.0 Å². The van der Waals surface area contributed by atoms with Crippen molar-refractivity contribution in [2.45, 2.75) is 69.0 Å². The fourth-order valence-corrected chi connectivity index (χ4v) is 6.78. The number of carbonyl (C=O) groups excluding carboxylic acids is 2. The summed E-state index contributed by atoms with van der Waals surface area (Å²) in [4.78, 5) is 29.5. The van der Waals surface area contributed by atoms with Crippen molar-refractivity contribution in [2.24, 2.45) is 0 Å². The molecule has 0 bridgehead atoms. The molecule has 0 spiro atoms. The third-order valence-electron chi connectivity index (χ3n) is 7.67. The maximum Gasteiger partial charge on any atom is 0.243 e. The van der Waals surface area contributed by atoms with Gasteiger partial charge in [-0.1, -0.05) is 96.6 Å². The Labute approximate surface area is 258 Å². The van der Waals surface area contributed by atoms with Gasteiger partial charge in [0, 0.05) is 36.1 Å². The van der Waals surface area contributed by atoms with E-state index in [4.69, 9.17) is 23.2 Å². The normalized spacial score (nSPS) is 14.9. The highest BCUT2D eigenvalue weighted by molar-refractivity contribution is 7.89. The molecule has 1 fully saturated rings. The second-order valence-electron chi connectivity index (χ2n) is 10.9. The Morgan fingerprint density at radius 1 is 0.952 bits per heavy atom. The molecule has 0 aromatic heterocycles. The highest BCUT2D eigenvalue weighted by Crippen LogP contribution is 2.25. The molecule has 1 N–H and O–H groups in total. The molecule has 0 aliphatic heterocycles. The number of carbonyl (C=O) groups is 2. The van der Waals surface area contributed by atoms with Crippen LogP contribution in [-0.4, -0.2) is 55.1 Å². The number of likely N-dealkylation sites (N-methyl/N-ethyl adjacent to an activating group) is 1. The summed E-state index contributed by atoms with van der Waals surface area (Å²) < 4.78 is 27.7. The molecule has 3 aromatic rings. The lowest BCUT2D eigenvalue weighted by Gasteiger charge is -2.34. The minimum absolute atomic E-state index is 0.00282. The van der Waals surface area contributed by atoms with Gasteiger partial charge < -0.3 is 10.2 Å². The molecule has 0 saturated heterocycles. The molecule has 1 saturated carbocycles. The number of hydrogen-bond acceptors (Lipinski definition) is 4. The van der Waals surface area contributed by atoms with E-state index in [1.54, 1.807) is 30.3 Å². The molecule has 1 aliphatic carbocycles. The monoisotopic (exact) mass is 629 g/mol. The first-order valence-corrected chi connectivity index (χ1v) is 16.3. The number of nitrogens with zero attached hydrogens (tertiary/aromatic N) is 2. The van der Waals surface area contributed by atoms with Crippen LogP contribution in [0.5, 0.6) is 0 Å². The predicted octanol–water partition coefficient (Wildman–Crippen LogP) is 6.01. The van der Waals surface area contributed by atoms with Gasteiger partial charge in [0.1, 0.15) is 6.04 Å². The molecule has 0 heterocycles. The summed E-state index contributed by atoms with van der Waals surface area (Å²) in [6, 6.07) is 20.1. The van der Waals surface area contributed by atoms with E-state index in [9.17, 15) is 18.0 Å². The lowest BCUT2D eigenvalue weighted by atomic mass is 9.94. The zero-order valence-corrected chi connectivity index (χ0v) is 26.3. The van der Waals surface area contributed by atoms with E-state index >= 15 is 0 Å². The molecular weight excluding hydrogens is 593 g/mol. The quantitative estimate of drug-likeness (QED) is 0.281. The molecular formula is C32H37Cl2N3O4S. The molecule has 10 heteroatoms. The van der Waals surface area contributed by atoms with Gasteiger partial charge in [0.25, 0.3) is 0 Å². The molecule has 7 nitrogen and oxygen atoms in total. The Kier molecular flexibility index (Phi) is 11.1. The number of sulfonamides is 1. The van der Waals surface area contributed by atoms with Crippen molar-refractivity contribution in [3.8, 4) is 0 Å². The second kappa shape index (κ2) is 14.5. The molecule has 42 heavy (non-hydrogen) atoms. The van der Waals surface area contributed by atoms with E-state index in [2.05, 4.69) is 5.32 Å². The number of aryl methyl sites for hydroxylation is 1. The van der Waals surface area contributed by atoms with Crippen molar-refractivity contribution in [1.82, 2.24) is 14.5 Å². The number of hydrogen-bond donors (Lipinski definition) is 1. The average Bonchev–Trinajstić information content (AvgIpc) is 2.97. The summed E-state index contributed by atoms with van der Waals surface area (Å²) in [7, 11) is -2.59. The van der Waals surface area contributed by atoms with Gasteiger partial charge in [-0.15, -0.1) is 0 Å². The van der Waals surface area contributed by atoms with Gasteiger partial charge in [-0.25, -0.2) is 8.42 Å². The van der Waals surface area contributed by atoms with Crippen molar-refractivity contribution in [3.05, 3.63) is 99.5 Å². The van der Waals surface area contributed by atoms with Gasteiger partial charge >= 0.3 is 0 Å². The number of rotatable bonds is 11. The largest absolute Gasteiger partial charge is 0.352 e. The summed E-state index contributed by atoms with van der Waals surface area (Å²) in [5.41, 5.74) is 2.40. The van der Waals surface area contributed by atoms with Crippen molar-refractivity contribution in [1.29, 1.82) is 0 Å². The van der Waals surface area contributed by atoms with Crippen LogP contribution in [0.25, 0.3) is 0 Å². The molecule has 2 amide bonds. The minimum Gasteiger partial charge on any atom is -0.352 e. The van der Waals surface area contributed by atoms with Gasteiger partial charge in [-0.2, -0.15) is 4.31 Å². The standard InChI is InChI=1S/C32H37Cl2N3O4S/c1-23-13-17-28(18-14-23)42(40,41)36(2)22-31(38)37(21-25-15-16-26(33)20-29(25)34)30(19-24-9-5-3-6-10-24)32(39)35-27-11-7-4-8-12-27/h3,5-6,9-10,13-18,20,27,30H,4,7-8,11-12,19,21-22H2,1-2H3,(H,35,39)/t30-/m0/s1. The smallest absolute Gasteiger partial charge is 0.243 e. The van der Waals surface area contributed by atoms with Crippen LogP contribution >= 0.6 is 23.2 Å². The van der Waals surface area contributed by atoms with E-state index in [-0.39, 0.29) is 29.8 Å². The van der Waals surface area contributed by atoms with Crippen LogP contribution in [0.4, 0.5) is 0 Å². The second-order valence-corrected chi connectivity index (χ2v) is 13.8. The van der Waals surface area contributed by atoms with E-state index < -0.39 is 28.5 Å². The summed E-state index contributed by atoms with van der Waals surface area (Å²) in [6.45, 7) is 1.42. The average molecular weight is 631 g/mol. The van der Waals surface area contributed by atoms with E-state index in [0.29, 0.717) is 15.6 Å². The number of nitrogens with one attached hydrogen (secondary N) is 1. The SMILES string of the molecule is Cc1ccc(S(=O)(=O)N(C)CC(=O)N(Cc2ccc(Cl)cc2Cl)[C@@H](Cc2ccccc2)C(=O)NC2CCCCC2)cc1. The van der Waals surface area contributed by atoms with Gasteiger partial charge in [0.2, 0.25) is 21.8 Å². The topological polar surface area (TPSA) is 86.8 Å². The lowest BCUT2D eigenvalue weighted by Crippen LogP contribution is -2.54. The van der Waals surface area contributed by atoms with Gasteiger partial charge in [0.05, 0.1) is 11.4 Å². The number of halogens is 2. The Balaban J connectivity index is 1.68. The Hall–Kier alpha value is -2.91. The van der Waals surface area contributed by atoms with Crippen molar-refractivity contribution in [3.63, 3.8) is 0 Å². The van der Waals surface area contributed by atoms with E-state index in [0.717, 1.165) is 47.5 Å². The van der Waals surface area contributed by atoms with Crippen LogP contribution in [0.15, 0.2) is 77.7 Å². The van der Waals surface area contributed by atoms with Gasteiger partial charge in [-0.3, -0.25) is 9.59 Å². The maximum absolute atomic E-state index is 14.1. The predicted molar refractivity (Wildman–Crippen MR) is 167 cm³/mol. The Morgan fingerprint density at radius 2 is 1.62 bits per heavy atom. The Morgan fingerprint density at radius 3 is 2.26 bits per heavy atom. The van der Waals surface area contributed by atoms with Gasteiger partial charge in [-0.05, 0) is 55.2 Å². The van der Waals surface area contributed by atoms with Crippen molar-refractivity contribution >= 4 is 45.0 Å². The number of benzene rings is 3. The zero-order valence-electron chi connectivity index (χ0n) is 23.9.